The molecule has 0 aliphatic heterocycles. The molecular formula is C11H16N4. The zero-order chi connectivity index (χ0) is 10.8. The van der Waals surface area contributed by atoms with Crippen molar-refractivity contribution in [1.29, 1.82) is 5.26 Å². The summed E-state index contributed by atoms with van der Waals surface area (Å²) in [5.74, 6) is 0.674. The number of nitrogen functional groups attached to an aromatic ring is 1. The van der Waals surface area contributed by atoms with E-state index < -0.39 is 0 Å². The Morgan fingerprint density at radius 3 is 3.07 bits per heavy atom. The van der Waals surface area contributed by atoms with Crippen molar-refractivity contribution in [3.8, 4) is 6.07 Å². The minimum Gasteiger partial charge on any atom is -0.396 e. The van der Waals surface area contributed by atoms with Crippen molar-refractivity contribution < 1.29 is 0 Å². The summed E-state index contributed by atoms with van der Waals surface area (Å²) in [7, 11) is 0. The third-order valence-corrected chi connectivity index (χ3v) is 3.35. The maximum Gasteiger partial charge on any atom is 0.0719 e. The Labute approximate surface area is 89.7 Å². The predicted molar refractivity (Wildman–Crippen MR) is 57.8 cm³/mol. The maximum absolute atomic E-state index is 8.86. The Bertz CT molecular complexity index is 376. The average molecular weight is 204 g/mol. The van der Waals surface area contributed by atoms with Gasteiger partial charge in [-0.1, -0.05) is 0 Å². The van der Waals surface area contributed by atoms with E-state index in [9.17, 15) is 0 Å². The van der Waals surface area contributed by atoms with Gasteiger partial charge in [0.1, 0.15) is 0 Å². The first-order valence-electron chi connectivity index (χ1n) is 5.40. The second kappa shape index (κ2) is 3.93. The first-order chi connectivity index (χ1) is 7.20. The van der Waals surface area contributed by atoms with Crippen molar-refractivity contribution in [2.24, 2.45) is 11.8 Å². The van der Waals surface area contributed by atoms with Crippen molar-refractivity contribution in [3.05, 3.63) is 12.4 Å². The number of hydrogen-bond donors (Lipinski definition) is 1. The molecule has 0 bridgehead atoms. The molecule has 3 atom stereocenters. The molecule has 0 spiro atoms. The van der Waals surface area contributed by atoms with Crippen LogP contribution in [0.2, 0.25) is 0 Å². The molecule has 4 heteroatoms. The van der Waals surface area contributed by atoms with Gasteiger partial charge in [0.05, 0.1) is 24.0 Å². The fraction of sp³-hybridized carbons (Fsp3) is 0.636. The first kappa shape index (κ1) is 10.0. The van der Waals surface area contributed by atoms with Crippen molar-refractivity contribution in [2.45, 2.75) is 32.2 Å². The lowest BCUT2D eigenvalue weighted by molar-refractivity contribution is 0.399. The molecule has 0 radical (unpaired) electrons. The van der Waals surface area contributed by atoms with Crippen LogP contribution < -0.4 is 5.73 Å². The van der Waals surface area contributed by atoms with Crippen molar-refractivity contribution in [2.75, 3.05) is 5.73 Å². The van der Waals surface area contributed by atoms with Gasteiger partial charge in [0.15, 0.2) is 0 Å². The monoisotopic (exact) mass is 204 g/mol. The number of hydrogen-bond acceptors (Lipinski definition) is 3. The Hall–Kier alpha value is -1.50. The minimum absolute atomic E-state index is 0.155. The second-order valence-electron chi connectivity index (χ2n) is 4.40. The van der Waals surface area contributed by atoms with Crippen LogP contribution in [0.1, 0.15) is 32.2 Å². The van der Waals surface area contributed by atoms with Gasteiger partial charge in [-0.05, 0) is 32.1 Å². The Morgan fingerprint density at radius 2 is 2.47 bits per heavy atom. The molecule has 1 heterocycles. The van der Waals surface area contributed by atoms with Crippen LogP contribution in [0.4, 0.5) is 5.69 Å². The molecule has 1 aromatic rings. The maximum atomic E-state index is 8.86. The fourth-order valence-corrected chi connectivity index (χ4v) is 2.34. The standard InChI is InChI=1S/C11H16N4/c1-8(5-12)9-2-3-11(4-9)15-7-10(13)6-14-15/h6-9,11H,2-4,13H2,1H3/t8?,9?,11-/m1/s1. The number of aromatic nitrogens is 2. The molecule has 0 saturated heterocycles. The number of nitriles is 1. The van der Waals surface area contributed by atoms with Gasteiger partial charge in [-0.2, -0.15) is 10.4 Å². The van der Waals surface area contributed by atoms with E-state index in [0.29, 0.717) is 17.6 Å². The van der Waals surface area contributed by atoms with Crippen LogP contribution in [0.3, 0.4) is 0 Å². The molecule has 2 N–H and O–H groups in total. The van der Waals surface area contributed by atoms with Crippen molar-refractivity contribution in [1.82, 2.24) is 9.78 Å². The van der Waals surface area contributed by atoms with E-state index in [4.69, 9.17) is 11.0 Å². The zero-order valence-electron chi connectivity index (χ0n) is 8.93. The number of nitrogens with two attached hydrogens (primary N) is 1. The van der Waals surface area contributed by atoms with Crippen LogP contribution in [0, 0.1) is 23.2 Å². The highest BCUT2D eigenvalue weighted by Gasteiger charge is 2.29. The van der Waals surface area contributed by atoms with Crippen LogP contribution >= 0.6 is 0 Å². The quantitative estimate of drug-likeness (QED) is 0.800. The second-order valence-corrected chi connectivity index (χ2v) is 4.40. The van der Waals surface area contributed by atoms with Gasteiger partial charge in [-0.15, -0.1) is 0 Å². The van der Waals surface area contributed by atoms with Crippen molar-refractivity contribution in [3.63, 3.8) is 0 Å². The average Bonchev–Trinajstić information content (AvgIpc) is 2.84. The molecule has 0 amide bonds. The van der Waals surface area contributed by atoms with E-state index in [-0.39, 0.29) is 5.92 Å². The molecule has 1 saturated carbocycles. The van der Waals surface area contributed by atoms with E-state index in [1.165, 1.54) is 0 Å². The zero-order valence-corrected chi connectivity index (χ0v) is 8.93. The van der Waals surface area contributed by atoms with Gasteiger partial charge in [-0.25, -0.2) is 0 Å². The van der Waals surface area contributed by atoms with Crippen LogP contribution in [0.25, 0.3) is 0 Å². The van der Waals surface area contributed by atoms with Gasteiger partial charge in [0.2, 0.25) is 0 Å². The third-order valence-electron chi connectivity index (χ3n) is 3.35. The highest BCUT2D eigenvalue weighted by Crippen LogP contribution is 2.38. The third kappa shape index (κ3) is 1.96. The molecule has 4 nitrogen and oxygen atoms in total. The Morgan fingerprint density at radius 1 is 1.67 bits per heavy atom. The van der Waals surface area contributed by atoms with E-state index in [1.54, 1.807) is 6.20 Å². The van der Waals surface area contributed by atoms with Gasteiger partial charge < -0.3 is 5.73 Å². The summed E-state index contributed by atoms with van der Waals surface area (Å²) in [5.41, 5.74) is 6.35. The van der Waals surface area contributed by atoms with E-state index in [0.717, 1.165) is 19.3 Å². The highest BCUT2D eigenvalue weighted by atomic mass is 15.3. The molecule has 80 valence electrons. The summed E-state index contributed by atoms with van der Waals surface area (Å²) in [6.07, 6.45) is 6.85. The SMILES string of the molecule is CC(C#N)C1CC[C@@H](n2cc(N)cn2)C1. The highest BCUT2D eigenvalue weighted by molar-refractivity contribution is 5.30. The summed E-state index contributed by atoms with van der Waals surface area (Å²) in [5, 5.41) is 13.1. The molecule has 1 fully saturated rings. The molecule has 1 aliphatic carbocycles. The summed E-state index contributed by atoms with van der Waals surface area (Å²) < 4.78 is 1.94. The van der Waals surface area contributed by atoms with E-state index >= 15 is 0 Å². The van der Waals surface area contributed by atoms with Crippen LogP contribution in [-0.2, 0) is 0 Å². The molecule has 2 rings (SSSR count). The van der Waals surface area contributed by atoms with Gasteiger partial charge in [-0.3, -0.25) is 4.68 Å². The lowest BCUT2D eigenvalue weighted by atomic mass is 9.94. The predicted octanol–water partition coefficient (Wildman–Crippen LogP) is 1.97. The summed E-state index contributed by atoms with van der Waals surface area (Å²) in [4.78, 5) is 0. The molecule has 1 aliphatic rings. The lowest BCUT2D eigenvalue weighted by Gasteiger charge is -2.13. The van der Waals surface area contributed by atoms with Gasteiger partial charge >= 0.3 is 0 Å². The summed E-state index contributed by atoms with van der Waals surface area (Å²) in [6.45, 7) is 2.00. The first-order valence-corrected chi connectivity index (χ1v) is 5.40. The Kier molecular flexibility index (Phi) is 2.63. The van der Waals surface area contributed by atoms with Crippen molar-refractivity contribution >= 4 is 5.69 Å². The number of rotatable bonds is 2. The van der Waals surface area contributed by atoms with E-state index in [1.807, 2.05) is 17.8 Å². The van der Waals surface area contributed by atoms with E-state index in [2.05, 4.69) is 11.2 Å². The van der Waals surface area contributed by atoms with Crippen LogP contribution in [-0.4, -0.2) is 9.78 Å². The Balaban J connectivity index is 2.02. The smallest absolute Gasteiger partial charge is 0.0719 e. The van der Waals surface area contributed by atoms with Gasteiger partial charge in [0.25, 0.3) is 0 Å². The number of nitrogens with zero attached hydrogens (tertiary/aromatic N) is 3. The molecule has 1 aromatic heterocycles. The fourth-order valence-electron chi connectivity index (χ4n) is 2.34. The van der Waals surface area contributed by atoms with Crippen LogP contribution in [0.5, 0.6) is 0 Å². The molecule has 15 heavy (non-hydrogen) atoms. The summed E-state index contributed by atoms with van der Waals surface area (Å²) in [6, 6.07) is 2.76. The normalized spacial score (nSPS) is 27.5. The molecule has 2 unspecified atom stereocenters. The lowest BCUT2D eigenvalue weighted by Crippen LogP contribution is -2.09. The topological polar surface area (TPSA) is 67.6 Å². The number of anilines is 1. The largest absolute Gasteiger partial charge is 0.396 e. The summed E-state index contributed by atoms with van der Waals surface area (Å²) >= 11 is 0. The minimum atomic E-state index is 0.155. The molecule has 0 aromatic carbocycles. The molecular weight excluding hydrogens is 188 g/mol. The van der Waals surface area contributed by atoms with Gasteiger partial charge in [0, 0.05) is 12.1 Å². The van der Waals surface area contributed by atoms with Crippen LogP contribution in [0.15, 0.2) is 12.4 Å².